The summed E-state index contributed by atoms with van der Waals surface area (Å²) in [6.45, 7) is 2.36. The maximum atomic E-state index is 12.6. The van der Waals surface area contributed by atoms with Gasteiger partial charge in [-0.05, 0) is 18.4 Å². The number of carboxylic acids is 1. The summed E-state index contributed by atoms with van der Waals surface area (Å²) in [5, 5.41) is 9.09. The molecule has 4 nitrogen and oxygen atoms in total. The van der Waals surface area contributed by atoms with Crippen LogP contribution in [0, 0.1) is 11.8 Å². The van der Waals surface area contributed by atoms with E-state index < -0.39 is 11.9 Å². The third-order valence-corrected chi connectivity index (χ3v) is 3.80. The number of aliphatic carboxylic acids is 1. The molecule has 0 aromatic heterocycles. The average molecular weight is 287 g/mol. The Morgan fingerprint density at radius 3 is 2.43 bits per heavy atom. The van der Waals surface area contributed by atoms with Crippen LogP contribution in [0.2, 0.25) is 0 Å². The third kappa shape index (κ3) is 4.18. The first-order valence-electron chi connectivity index (χ1n) is 7.28. The van der Waals surface area contributed by atoms with Crippen LogP contribution >= 0.6 is 0 Å². The largest absolute Gasteiger partial charge is 0.481 e. The summed E-state index contributed by atoms with van der Waals surface area (Å²) >= 11 is 0. The van der Waals surface area contributed by atoms with E-state index in [2.05, 4.69) is 0 Å². The molecule has 1 aliphatic rings. The highest BCUT2D eigenvalue weighted by Gasteiger charge is 2.27. The number of hydrogen-bond donors (Lipinski definition) is 1. The van der Waals surface area contributed by atoms with E-state index in [0.29, 0.717) is 6.54 Å². The van der Waals surface area contributed by atoms with Gasteiger partial charge < -0.3 is 10.0 Å². The van der Waals surface area contributed by atoms with E-state index in [1.165, 1.54) is 0 Å². The van der Waals surface area contributed by atoms with Gasteiger partial charge in [0.05, 0.1) is 5.92 Å². The minimum atomic E-state index is -0.870. The number of allylic oxidation sites excluding steroid dienone is 2. The molecule has 112 valence electrons. The van der Waals surface area contributed by atoms with Crippen molar-refractivity contribution in [2.45, 2.75) is 26.3 Å². The van der Waals surface area contributed by atoms with E-state index >= 15 is 0 Å². The number of carbonyl (C=O) groups excluding carboxylic acids is 1. The molecule has 0 spiro atoms. The van der Waals surface area contributed by atoms with E-state index in [4.69, 9.17) is 5.11 Å². The molecule has 1 unspecified atom stereocenters. The highest BCUT2D eigenvalue weighted by molar-refractivity contribution is 5.80. The molecule has 1 aliphatic carbocycles. The minimum absolute atomic E-state index is 0.0327. The lowest BCUT2D eigenvalue weighted by atomic mass is 10.0. The lowest BCUT2D eigenvalue weighted by molar-refractivity contribution is -0.144. The van der Waals surface area contributed by atoms with Crippen molar-refractivity contribution >= 4 is 11.9 Å². The van der Waals surface area contributed by atoms with Crippen molar-refractivity contribution in [2.75, 3.05) is 6.54 Å². The Labute approximate surface area is 125 Å². The molecular formula is C17H21NO3. The van der Waals surface area contributed by atoms with Crippen LogP contribution < -0.4 is 0 Å². The summed E-state index contributed by atoms with van der Waals surface area (Å²) in [6, 6.07) is 9.69. The van der Waals surface area contributed by atoms with Gasteiger partial charge in [0.1, 0.15) is 0 Å². The first-order valence-corrected chi connectivity index (χ1v) is 7.28. The molecule has 0 bridgehead atoms. The van der Waals surface area contributed by atoms with Gasteiger partial charge in [-0.15, -0.1) is 0 Å². The third-order valence-electron chi connectivity index (χ3n) is 3.80. The number of hydrogen-bond acceptors (Lipinski definition) is 2. The van der Waals surface area contributed by atoms with Gasteiger partial charge in [-0.3, -0.25) is 9.59 Å². The number of rotatable bonds is 6. The molecule has 1 aromatic rings. The summed E-state index contributed by atoms with van der Waals surface area (Å²) < 4.78 is 0. The Morgan fingerprint density at radius 1 is 1.24 bits per heavy atom. The summed E-state index contributed by atoms with van der Waals surface area (Å²) in [4.78, 5) is 25.4. The van der Waals surface area contributed by atoms with Crippen LogP contribution in [0.15, 0.2) is 42.5 Å². The van der Waals surface area contributed by atoms with Crippen molar-refractivity contribution < 1.29 is 14.7 Å². The van der Waals surface area contributed by atoms with Gasteiger partial charge in [0.2, 0.25) is 5.91 Å². The molecule has 1 amide bonds. The number of nitrogens with zero attached hydrogens (tertiary/aromatic N) is 1. The van der Waals surface area contributed by atoms with E-state index in [0.717, 1.165) is 18.4 Å². The van der Waals surface area contributed by atoms with E-state index in [-0.39, 0.29) is 18.4 Å². The van der Waals surface area contributed by atoms with Gasteiger partial charge in [-0.25, -0.2) is 0 Å². The van der Waals surface area contributed by atoms with Crippen LogP contribution in [-0.4, -0.2) is 28.4 Å². The zero-order valence-corrected chi connectivity index (χ0v) is 12.2. The molecule has 1 aromatic carbocycles. The number of benzene rings is 1. The Morgan fingerprint density at radius 2 is 1.86 bits per heavy atom. The molecule has 1 N–H and O–H groups in total. The number of amides is 1. The maximum absolute atomic E-state index is 12.6. The monoisotopic (exact) mass is 287 g/mol. The lowest BCUT2D eigenvalue weighted by Crippen LogP contribution is -2.39. The van der Waals surface area contributed by atoms with Crippen LogP contribution in [0.4, 0.5) is 0 Å². The molecule has 2 rings (SSSR count). The van der Waals surface area contributed by atoms with E-state index in [1.807, 2.05) is 42.5 Å². The number of carbonyl (C=O) groups is 2. The average Bonchev–Trinajstić information content (AvgIpc) is 3.01. The second-order valence-corrected chi connectivity index (χ2v) is 5.58. The fourth-order valence-electron chi connectivity index (χ4n) is 2.52. The molecule has 21 heavy (non-hydrogen) atoms. The standard InChI is InChI=1S/C17H21NO3/c1-13(17(20)21)11-18(12-14-7-3-2-4-8-14)16(19)15-9-5-6-10-15/h2-8,13,15H,9-12H2,1H3,(H,20,21). The van der Waals surface area contributed by atoms with Crippen LogP contribution in [-0.2, 0) is 16.1 Å². The zero-order valence-electron chi connectivity index (χ0n) is 12.2. The van der Waals surface area contributed by atoms with Gasteiger partial charge in [0.15, 0.2) is 0 Å². The predicted octanol–water partition coefficient (Wildman–Crippen LogP) is 2.70. The topological polar surface area (TPSA) is 57.6 Å². The molecule has 0 fully saturated rings. The summed E-state index contributed by atoms with van der Waals surface area (Å²) in [6.07, 6.45) is 5.55. The molecule has 0 saturated carbocycles. The second kappa shape index (κ2) is 7.07. The Balaban J connectivity index is 2.09. The summed E-state index contributed by atoms with van der Waals surface area (Å²) in [5.74, 6) is -1.41. The molecule has 4 heteroatoms. The van der Waals surface area contributed by atoms with Crippen molar-refractivity contribution in [3.8, 4) is 0 Å². The van der Waals surface area contributed by atoms with E-state index in [1.54, 1.807) is 11.8 Å². The lowest BCUT2D eigenvalue weighted by Gasteiger charge is -2.27. The van der Waals surface area contributed by atoms with Crippen LogP contribution in [0.5, 0.6) is 0 Å². The fraction of sp³-hybridized carbons (Fsp3) is 0.412. The van der Waals surface area contributed by atoms with Crippen LogP contribution in [0.1, 0.15) is 25.3 Å². The first-order chi connectivity index (χ1) is 10.1. The fourth-order valence-corrected chi connectivity index (χ4v) is 2.52. The molecule has 0 heterocycles. The van der Waals surface area contributed by atoms with Gasteiger partial charge in [0.25, 0.3) is 0 Å². The molecular weight excluding hydrogens is 266 g/mol. The maximum Gasteiger partial charge on any atom is 0.308 e. The Hall–Kier alpha value is -2.10. The van der Waals surface area contributed by atoms with Crippen molar-refractivity contribution in [3.63, 3.8) is 0 Å². The molecule has 0 saturated heterocycles. The van der Waals surface area contributed by atoms with Crippen molar-refractivity contribution in [1.82, 2.24) is 4.90 Å². The Bertz CT molecular complexity index is 516. The Kier molecular flexibility index (Phi) is 5.14. The molecule has 0 aliphatic heterocycles. The summed E-state index contributed by atoms with van der Waals surface area (Å²) in [5.41, 5.74) is 1.02. The first kappa shape index (κ1) is 15.3. The van der Waals surface area contributed by atoms with Crippen molar-refractivity contribution in [2.24, 2.45) is 11.8 Å². The normalized spacial score (nSPS) is 15.9. The highest BCUT2D eigenvalue weighted by Crippen LogP contribution is 2.22. The van der Waals surface area contributed by atoms with Crippen molar-refractivity contribution in [3.05, 3.63) is 48.0 Å². The van der Waals surface area contributed by atoms with E-state index in [9.17, 15) is 9.59 Å². The van der Waals surface area contributed by atoms with Gasteiger partial charge in [0, 0.05) is 19.0 Å². The van der Waals surface area contributed by atoms with Crippen LogP contribution in [0.3, 0.4) is 0 Å². The quantitative estimate of drug-likeness (QED) is 0.818. The second-order valence-electron chi connectivity index (χ2n) is 5.58. The zero-order chi connectivity index (χ0) is 15.2. The smallest absolute Gasteiger partial charge is 0.308 e. The summed E-state index contributed by atoms with van der Waals surface area (Å²) in [7, 11) is 0. The molecule has 0 radical (unpaired) electrons. The predicted molar refractivity (Wildman–Crippen MR) is 80.5 cm³/mol. The minimum Gasteiger partial charge on any atom is -0.481 e. The van der Waals surface area contributed by atoms with Gasteiger partial charge in [-0.1, -0.05) is 49.4 Å². The number of carboxylic acid groups (broad SMARTS) is 1. The highest BCUT2D eigenvalue weighted by atomic mass is 16.4. The van der Waals surface area contributed by atoms with Crippen molar-refractivity contribution in [1.29, 1.82) is 0 Å². The molecule has 1 atom stereocenters. The SMILES string of the molecule is CC(CN(Cc1ccccc1)C(=O)C1CC=CC1)C(=O)O. The van der Waals surface area contributed by atoms with Gasteiger partial charge >= 0.3 is 5.97 Å². The van der Waals surface area contributed by atoms with Gasteiger partial charge in [-0.2, -0.15) is 0 Å². The van der Waals surface area contributed by atoms with Crippen LogP contribution in [0.25, 0.3) is 0 Å².